The average molecular weight is 361 g/mol. The molecule has 0 aromatic carbocycles. The van der Waals surface area contributed by atoms with Crippen molar-refractivity contribution in [2.24, 2.45) is 0 Å². The Kier molecular flexibility index (Phi) is 4.08. The van der Waals surface area contributed by atoms with Crippen molar-refractivity contribution in [2.45, 2.75) is 50.9 Å². The molecule has 6 nitrogen and oxygen atoms in total. The van der Waals surface area contributed by atoms with Crippen LogP contribution in [0.15, 0.2) is 23.0 Å². The van der Waals surface area contributed by atoms with E-state index >= 15 is 0 Å². The molecule has 1 amide bonds. The number of nitrogens with zero attached hydrogens (tertiary/aromatic N) is 3. The maximum absolute atomic E-state index is 12.5. The number of fused-ring (bicyclic) bond motifs is 1. The van der Waals surface area contributed by atoms with Crippen LogP contribution in [-0.4, -0.2) is 44.4 Å². The van der Waals surface area contributed by atoms with E-state index in [-0.39, 0.29) is 11.9 Å². The number of aliphatic hydroxyl groups excluding tert-OH is 1. The van der Waals surface area contributed by atoms with Gasteiger partial charge in [-0.3, -0.25) is 9.48 Å². The zero-order chi connectivity index (χ0) is 17.6. The summed E-state index contributed by atoms with van der Waals surface area (Å²) in [5, 5.41) is 18.8. The number of thiophene rings is 1. The van der Waals surface area contributed by atoms with Gasteiger partial charge in [-0.15, -0.1) is 0 Å². The van der Waals surface area contributed by atoms with Crippen LogP contribution in [0.4, 0.5) is 0 Å². The Morgan fingerprint density at radius 1 is 1.44 bits per heavy atom. The average Bonchev–Trinajstić information content (AvgIpc) is 3.24. The molecule has 2 aliphatic heterocycles. The number of aliphatic hydroxyl groups is 1. The van der Waals surface area contributed by atoms with Crippen LogP contribution in [-0.2, 0) is 0 Å². The van der Waals surface area contributed by atoms with Crippen molar-refractivity contribution in [1.82, 2.24) is 14.7 Å². The zero-order valence-electron chi connectivity index (χ0n) is 14.5. The molecule has 0 saturated carbocycles. The number of carbonyl (C=O) groups excluding carboxylic acids is 1. The molecule has 7 heteroatoms. The third-order valence-electron chi connectivity index (χ3n) is 5.19. The molecule has 0 radical (unpaired) electrons. The summed E-state index contributed by atoms with van der Waals surface area (Å²) in [5.74, 6) is 0.769. The van der Waals surface area contributed by atoms with E-state index < -0.39 is 11.7 Å². The lowest BCUT2D eigenvalue weighted by Gasteiger charge is -2.44. The number of amides is 1. The van der Waals surface area contributed by atoms with Crippen molar-refractivity contribution in [2.75, 3.05) is 13.1 Å². The summed E-state index contributed by atoms with van der Waals surface area (Å²) < 4.78 is 8.14. The second kappa shape index (κ2) is 6.14. The van der Waals surface area contributed by atoms with Gasteiger partial charge >= 0.3 is 0 Å². The molecule has 1 N–H and O–H groups in total. The molecular formula is C18H23N3O3S. The molecule has 134 valence electrons. The lowest BCUT2D eigenvalue weighted by atomic mass is 9.83. The summed E-state index contributed by atoms with van der Waals surface area (Å²) in [5.41, 5.74) is 0.991. The largest absolute Gasteiger partial charge is 0.483 e. The summed E-state index contributed by atoms with van der Waals surface area (Å²) in [6.45, 7) is 5.40. The Hall–Kier alpha value is -1.86. The molecule has 2 aromatic rings. The minimum Gasteiger partial charge on any atom is -0.483 e. The zero-order valence-corrected chi connectivity index (χ0v) is 15.3. The van der Waals surface area contributed by atoms with Crippen molar-refractivity contribution in [3.05, 3.63) is 34.3 Å². The summed E-state index contributed by atoms with van der Waals surface area (Å²) in [7, 11) is 0. The molecule has 0 bridgehead atoms. The highest BCUT2D eigenvalue weighted by molar-refractivity contribution is 7.08. The Balaban J connectivity index is 1.48. The van der Waals surface area contributed by atoms with Crippen LogP contribution >= 0.6 is 11.3 Å². The SMILES string of the molecule is CC(C)n1cc2c(n1)C(O)CC1(CCN(C(=O)c3ccsc3)CC1)O2. The van der Waals surface area contributed by atoms with E-state index in [0.29, 0.717) is 31.0 Å². The van der Waals surface area contributed by atoms with Crippen molar-refractivity contribution in [3.63, 3.8) is 0 Å². The predicted molar refractivity (Wildman–Crippen MR) is 95.0 cm³/mol. The smallest absolute Gasteiger partial charge is 0.254 e. The van der Waals surface area contributed by atoms with Crippen LogP contribution in [0.2, 0.25) is 0 Å². The van der Waals surface area contributed by atoms with Crippen LogP contribution < -0.4 is 4.74 Å². The predicted octanol–water partition coefficient (Wildman–Crippen LogP) is 3.02. The second-order valence-electron chi connectivity index (χ2n) is 7.26. The van der Waals surface area contributed by atoms with E-state index in [1.165, 1.54) is 11.3 Å². The second-order valence-corrected chi connectivity index (χ2v) is 8.04. The van der Waals surface area contributed by atoms with E-state index in [0.717, 1.165) is 18.4 Å². The molecule has 4 rings (SSSR count). The van der Waals surface area contributed by atoms with Gasteiger partial charge in [0, 0.05) is 43.8 Å². The quantitative estimate of drug-likeness (QED) is 0.893. The molecule has 1 unspecified atom stereocenters. The van der Waals surface area contributed by atoms with Crippen LogP contribution in [0, 0.1) is 0 Å². The third-order valence-corrected chi connectivity index (χ3v) is 5.87. The number of aromatic nitrogens is 2. The number of ether oxygens (including phenoxy) is 1. The van der Waals surface area contributed by atoms with E-state index in [9.17, 15) is 9.90 Å². The fraction of sp³-hybridized carbons (Fsp3) is 0.556. The Morgan fingerprint density at radius 3 is 2.84 bits per heavy atom. The maximum Gasteiger partial charge on any atom is 0.254 e. The molecule has 2 aromatic heterocycles. The van der Waals surface area contributed by atoms with E-state index in [2.05, 4.69) is 18.9 Å². The lowest BCUT2D eigenvalue weighted by Crippen LogP contribution is -2.51. The molecule has 4 heterocycles. The van der Waals surface area contributed by atoms with Crippen molar-refractivity contribution in [3.8, 4) is 5.75 Å². The normalized spacial score (nSPS) is 22.1. The number of hydrogen-bond donors (Lipinski definition) is 1. The highest BCUT2D eigenvalue weighted by Gasteiger charge is 2.45. The van der Waals surface area contributed by atoms with Gasteiger partial charge < -0.3 is 14.7 Å². The van der Waals surface area contributed by atoms with Crippen LogP contribution in [0.3, 0.4) is 0 Å². The topological polar surface area (TPSA) is 67.6 Å². The number of rotatable bonds is 2. The first-order valence-corrected chi connectivity index (χ1v) is 9.69. The minimum absolute atomic E-state index is 0.0841. The molecule has 2 aliphatic rings. The van der Waals surface area contributed by atoms with Crippen LogP contribution in [0.25, 0.3) is 0 Å². The van der Waals surface area contributed by atoms with Gasteiger partial charge in [0.2, 0.25) is 0 Å². The van der Waals surface area contributed by atoms with Gasteiger partial charge in [0.1, 0.15) is 17.4 Å². The van der Waals surface area contributed by atoms with Crippen molar-refractivity contribution < 1.29 is 14.6 Å². The highest BCUT2D eigenvalue weighted by atomic mass is 32.1. The first-order chi connectivity index (χ1) is 12.0. The van der Waals surface area contributed by atoms with E-state index in [1.807, 2.05) is 32.6 Å². The standard InChI is InChI=1S/C18H23N3O3S/c1-12(2)21-10-15-16(19-21)14(22)9-18(24-15)4-6-20(7-5-18)17(23)13-3-8-25-11-13/h3,8,10-12,14,22H,4-7,9H2,1-2H3. The molecule has 1 saturated heterocycles. The highest BCUT2D eigenvalue weighted by Crippen LogP contribution is 2.44. The van der Waals surface area contributed by atoms with Crippen molar-refractivity contribution >= 4 is 17.2 Å². The van der Waals surface area contributed by atoms with Gasteiger partial charge in [-0.25, -0.2) is 0 Å². The van der Waals surface area contributed by atoms with Crippen LogP contribution in [0.1, 0.15) is 61.3 Å². The lowest BCUT2D eigenvalue weighted by molar-refractivity contribution is -0.0504. The van der Waals surface area contributed by atoms with E-state index in [1.54, 1.807) is 0 Å². The monoisotopic (exact) mass is 361 g/mol. The van der Waals surface area contributed by atoms with Crippen molar-refractivity contribution in [1.29, 1.82) is 0 Å². The van der Waals surface area contributed by atoms with Gasteiger partial charge in [-0.05, 0) is 25.3 Å². The Labute approximate surface area is 151 Å². The summed E-state index contributed by atoms with van der Waals surface area (Å²) >= 11 is 1.54. The Bertz CT molecular complexity index is 761. The fourth-order valence-corrected chi connectivity index (χ4v) is 4.31. The van der Waals surface area contributed by atoms with Gasteiger partial charge in [0.25, 0.3) is 5.91 Å². The van der Waals surface area contributed by atoms with E-state index in [4.69, 9.17) is 4.74 Å². The fourth-order valence-electron chi connectivity index (χ4n) is 3.68. The molecule has 0 aliphatic carbocycles. The maximum atomic E-state index is 12.5. The molecule has 1 atom stereocenters. The Morgan fingerprint density at radius 2 is 2.20 bits per heavy atom. The van der Waals surface area contributed by atoms with Gasteiger partial charge in [0.05, 0.1) is 11.8 Å². The third kappa shape index (κ3) is 2.95. The number of hydrogen-bond acceptors (Lipinski definition) is 5. The number of piperidine rings is 1. The molecule has 1 fully saturated rings. The van der Waals surface area contributed by atoms with Gasteiger partial charge in [0.15, 0.2) is 5.75 Å². The molecule has 25 heavy (non-hydrogen) atoms. The summed E-state index contributed by atoms with van der Waals surface area (Å²) in [4.78, 5) is 14.4. The minimum atomic E-state index is -0.608. The van der Waals surface area contributed by atoms with Gasteiger partial charge in [-0.2, -0.15) is 16.4 Å². The van der Waals surface area contributed by atoms with Crippen LogP contribution in [0.5, 0.6) is 5.75 Å². The first kappa shape index (κ1) is 16.6. The molecule has 1 spiro atoms. The summed E-state index contributed by atoms with van der Waals surface area (Å²) in [6.07, 6.45) is 3.27. The number of carbonyl (C=O) groups is 1. The number of likely N-dealkylation sites (tertiary alicyclic amines) is 1. The summed E-state index contributed by atoms with van der Waals surface area (Å²) in [6, 6.07) is 2.09. The molecular weight excluding hydrogens is 338 g/mol. The first-order valence-electron chi connectivity index (χ1n) is 8.75. The van der Waals surface area contributed by atoms with Gasteiger partial charge in [-0.1, -0.05) is 0 Å².